The molecule has 0 radical (unpaired) electrons. The van der Waals surface area contributed by atoms with Crippen LogP contribution >= 0.6 is 0 Å². The van der Waals surface area contributed by atoms with Crippen molar-refractivity contribution >= 4 is 110 Å². The van der Waals surface area contributed by atoms with Crippen LogP contribution in [0.5, 0.6) is 0 Å². The molecular formula is C84H76N2O2. The molecule has 4 heteroatoms. The SMILES string of the molecule is Cc1ccccc1-c1cccc2c1oc1c(N(c3ccc(C4CCCCC4)cc3)c3cc(C(C)C)c4ccc5c(N(c6ccc(C7CCCCC7)cc6)c6cccc7c6oc6c(-c8ccccc8C)cccc67)cc(C(C)C)c6ccc3c4c65)cccc12. The highest BCUT2D eigenvalue weighted by Crippen LogP contribution is 2.54. The van der Waals surface area contributed by atoms with Gasteiger partial charge in [0.05, 0.1) is 22.7 Å². The van der Waals surface area contributed by atoms with Crippen molar-refractivity contribution in [3.8, 4) is 22.3 Å². The predicted molar refractivity (Wildman–Crippen MR) is 374 cm³/mol. The monoisotopic (exact) mass is 1140 g/mol. The van der Waals surface area contributed by atoms with Crippen molar-refractivity contribution in [3.05, 3.63) is 240 Å². The summed E-state index contributed by atoms with van der Waals surface area (Å²) < 4.78 is 14.8. The van der Waals surface area contributed by atoms with Gasteiger partial charge in [0.25, 0.3) is 0 Å². The summed E-state index contributed by atoms with van der Waals surface area (Å²) in [6.07, 6.45) is 12.9. The van der Waals surface area contributed by atoms with Crippen molar-refractivity contribution in [2.45, 2.75) is 129 Å². The molecule has 0 atom stereocenters. The van der Waals surface area contributed by atoms with Crippen LogP contribution in [-0.4, -0.2) is 0 Å². The van der Waals surface area contributed by atoms with Gasteiger partial charge in [-0.05, 0) is 178 Å². The van der Waals surface area contributed by atoms with E-state index in [1.54, 1.807) is 0 Å². The van der Waals surface area contributed by atoms with Gasteiger partial charge in [-0.15, -0.1) is 0 Å². The van der Waals surface area contributed by atoms with E-state index in [0.29, 0.717) is 11.8 Å². The van der Waals surface area contributed by atoms with E-state index in [4.69, 9.17) is 8.83 Å². The molecule has 2 saturated carbocycles. The maximum atomic E-state index is 7.41. The minimum Gasteiger partial charge on any atom is -0.453 e. The molecule has 434 valence electrons. The quantitative estimate of drug-likeness (QED) is 0.114. The number of hydrogen-bond donors (Lipinski definition) is 0. The lowest BCUT2D eigenvalue weighted by Gasteiger charge is -2.32. The molecule has 88 heavy (non-hydrogen) atoms. The molecule has 2 aliphatic rings. The number of para-hydroxylation sites is 4. The molecule has 2 aromatic heterocycles. The molecule has 0 unspecified atom stereocenters. The van der Waals surface area contributed by atoms with E-state index in [1.807, 2.05) is 0 Å². The molecule has 0 saturated heterocycles. The Morgan fingerprint density at radius 3 is 1.06 bits per heavy atom. The zero-order chi connectivity index (χ0) is 59.3. The first-order valence-corrected chi connectivity index (χ1v) is 32.8. The fraction of sp³-hybridized carbons (Fsp3) is 0.238. The Morgan fingerprint density at radius 2 is 0.670 bits per heavy atom. The largest absolute Gasteiger partial charge is 0.453 e. The molecule has 2 aliphatic carbocycles. The summed E-state index contributed by atoms with van der Waals surface area (Å²) in [4.78, 5) is 5.08. The zero-order valence-electron chi connectivity index (χ0n) is 51.7. The van der Waals surface area contributed by atoms with Crippen LogP contribution in [0.3, 0.4) is 0 Å². The Kier molecular flexibility index (Phi) is 13.5. The molecule has 4 nitrogen and oxygen atoms in total. The highest BCUT2D eigenvalue weighted by atomic mass is 16.3. The van der Waals surface area contributed by atoms with Gasteiger partial charge < -0.3 is 18.6 Å². The number of anilines is 6. The van der Waals surface area contributed by atoms with Gasteiger partial charge in [0.15, 0.2) is 11.2 Å². The Hall–Kier alpha value is -9.12. The van der Waals surface area contributed by atoms with Crippen LogP contribution < -0.4 is 9.80 Å². The average Bonchev–Trinajstić information content (AvgIpc) is 0.885. The number of benzene rings is 12. The second-order valence-electron chi connectivity index (χ2n) is 26.4. The highest BCUT2D eigenvalue weighted by molar-refractivity contribution is 6.30. The molecule has 0 amide bonds. The van der Waals surface area contributed by atoms with Crippen molar-refractivity contribution in [1.82, 2.24) is 0 Å². The van der Waals surface area contributed by atoms with Crippen LogP contribution in [0.25, 0.3) is 98.4 Å². The second-order valence-corrected chi connectivity index (χ2v) is 26.4. The fourth-order valence-electron chi connectivity index (χ4n) is 16.0. The first-order chi connectivity index (χ1) is 43.2. The Bertz CT molecular complexity index is 4650. The smallest absolute Gasteiger partial charge is 0.159 e. The molecule has 16 rings (SSSR count). The molecule has 0 N–H and O–H groups in total. The number of rotatable bonds is 12. The third-order valence-corrected chi connectivity index (χ3v) is 20.5. The summed E-state index contributed by atoms with van der Waals surface area (Å²) in [6.45, 7) is 13.9. The van der Waals surface area contributed by atoms with Crippen LogP contribution in [0.2, 0.25) is 0 Å². The van der Waals surface area contributed by atoms with Gasteiger partial charge >= 0.3 is 0 Å². The summed E-state index contributed by atoms with van der Waals surface area (Å²) in [5.41, 5.74) is 22.7. The predicted octanol–water partition coefficient (Wildman–Crippen LogP) is 25.6. The molecule has 0 aliphatic heterocycles. The van der Waals surface area contributed by atoms with E-state index in [1.165, 1.54) is 141 Å². The molecule has 12 aromatic carbocycles. The van der Waals surface area contributed by atoms with Crippen molar-refractivity contribution in [2.24, 2.45) is 0 Å². The Morgan fingerprint density at radius 1 is 0.318 bits per heavy atom. The molecule has 2 fully saturated rings. The molecule has 2 heterocycles. The van der Waals surface area contributed by atoms with Crippen molar-refractivity contribution in [1.29, 1.82) is 0 Å². The van der Waals surface area contributed by atoms with Gasteiger partial charge in [-0.3, -0.25) is 0 Å². The van der Waals surface area contributed by atoms with E-state index in [9.17, 15) is 0 Å². The summed E-state index contributed by atoms with van der Waals surface area (Å²) in [7, 11) is 0. The lowest BCUT2D eigenvalue weighted by atomic mass is 9.83. The van der Waals surface area contributed by atoms with Crippen LogP contribution in [0.4, 0.5) is 34.1 Å². The van der Waals surface area contributed by atoms with Gasteiger partial charge in [-0.25, -0.2) is 0 Å². The van der Waals surface area contributed by atoms with Crippen LogP contribution in [0, 0.1) is 13.8 Å². The molecule has 0 spiro atoms. The summed E-state index contributed by atoms with van der Waals surface area (Å²) in [6, 6.07) is 78.3. The average molecular weight is 1150 g/mol. The van der Waals surface area contributed by atoms with E-state index in [0.717, 1.165) is 89.1 Å². The first-order valence-electron chi connectivity index (χ1n) is 32.8. The molecule has 14 aromatic rings. The summed E-state index contributed by atoms with van der Waals surface area (Å²) in [5.74, 6) is 1.61. The Labute approximate surface area is 517 Å². The van der Waals surface area contributed by atoms with Crippen molar-refractivity contribution in [2.75, 3.05) is 9.80 Å². The van der Waals surface area contributed by atoms with Crippen molar-refractivity contribution < 1.29 is 8.83 Å². The molecular weight excluding hydrogens is 1070 g/mol. The van der Waals surface area contributed by atoms with E-state index >= 15 is 0 Å². The minimum atomic E-state index is 0.218. The maximum absolute atomic E-state index is 7.41. The van der Waals surface area contributed by atoms with E-state index in [-0.39, 0.29) is 11.8 Å². The topological polar surface area (TPSA) is 32.8 Å². The van der Waals surface area contributed by atoms with Gasteiger partial charge in [0, 0.05) is 54.8 Å². The van der Waals surface area contributed by atoms with Gasteiger partial charge in [-0.2, -0.15) is 0 Å². The second kappa shape index (κ2) is 21.9. The first kappa shape index (κ1) is 54.3. The van der Waals surface area contributed by atoms with Crippen LogP contribution in [0.1, 0.15) is 149 Å². The lowest BCUT2D eigenvalue weighted by molar-refractivity contribution is 0.443. The number of fused-ring (bicyclic) bond motifs is 6. The third kappa shape index (κ3) is 8.91. The molecule has 0 bridgehead atoms. The zero-order valence-corrected chi connectivity index (χ0v) is 51.7. The van der Waals surface area contributed by atoms with Gasteiger partial charge in [-0.1, -0.05) is 224 Å². The van der Waals surface area contributed by atoms with E-state index < -0.39 is 0 Å². The van der Waals surface area contributed by atoms with Crippen LogP contribution in [-0.2, 0) is 0 Å². The minimum absolute atomic E-state index is 0.218. The third-order valence-electron chi connectivity index (χ3n) is 20.5. The highest BCUT2D eigenvalue weighted by Gasteiger charge is 2.30. The van der Waals surface area contributed by atoms with Gasteiger partial charge in [0.2, 0.25) is 0 Å². The fourth-order valence-corrected chi connectivity index (χ4v) is 16.0. The van der Waals surface area contributed by atoms with Crippen molar-refractivity contribution in [3.63, 3.8) is 0 Å². The lowest BCUT2D eigenvalue weighted by Crippen LogP contribution is -2.14. The number of furan rings is 2. The van der Waals surface area contributed by atoms with Gasteiger partial charge in [0.1, 0.15) is 11.2 Å². The number of nitrogens with zero attached hydrogens (tertiary/aromatic N) is 2. The number of aryl methyl sites for hydroxylation is 2. The summed E-state index contributed by atoms with van der Waals surface area (Å²) >= 11 is 0. The summed E-state index contributed by atoms with van der Waals surface area (Å²) in [5, 5.41) is 12.0. The van der Waals surface area contributed by atoms with E-state index in [2.05, 4.69) is 258 Å². The standard InChI is InChI=1S/C84H76N2O2/c1-51(2)73-49-77(85(59-41-37-57(38-42-59)55-23-9-7-10-24-55)75-35-19-33-69-67-31-17-29-65(81(67)87-83(69)75)61-27-15-13-21-53(61)5)71-48-46-64-74(52(3)4)50-78(72-47-45-63(73)79(71)80(64)72)86(60-43-39-58(40-44-60)56-25-11-8-12-26-56)76-36-20-34-70-68-32-18-30-66(82(68)88-84(70)76)62-28-16-14-22-54(62)6/h13-22,27-52,55-56H,7-12,23-26H2,1-6H3. The Balaban J connectivity index is 0.969. The van der Waals surface area contributed by atoms with Crippen LogP contribution in [0.15, 0.2) is 215 Å². The number of hydrogen-bond acceptors (Lipinski definition) is 4. The normalized spacial score (nSPS) is 14.6. The maximum Gasteiger partial charge on any atom is 0.159 e.